The van der Waals surface area contributed by atoms with Gasteiger partial charge in [-0.25, -0.2) is 0 Å². The molecule has 0 aromatic carbocycles. The zero-order valence-corrected chi connectivity index (χ0v) is 10.9. The Morgan fingerprint density at radius 2 is 2.06 bits per heavy atom. The minimum absolute atomic E-state index is 0.613. The maximum atomic E-state index is 5.83. The van der Waals surface area contributed by atoms with E-state index in [0.717, 1.165) is 38.5 Å². The number of halogens is 1. The van der Waals surface area contributed by atoms with Crippen molar-refractivity contribution in [2.45, 2.75) is 0 Å². The minimum Gasteiger partial charge on any atom is -0.491 e. The summed E-state index contributed by atoms with van der Waals surface area (Å²) in [7, 11) is 2.16. The van der Waals surface area contributed by atoms with Crippen LogP contribution in [0.3, 0.4) is 0 Å². The Labute approximate surface area is 107 Å². The third kappa shape index (κ3) is 4.15. The van der Waals surface area contributed by atoms with Gasteiger partial charge >= 0.3 is 0 Å². The van der Waals surface area contributed by atoms with E-state index in [9.17, 15) is 0 Å². The predicted molar refractivity (Wildman–Crippen MR) is 68.7 cm³/mol. The molecular weight excluding hydrogens is 238 g/mol. The van der Waals surface area contributed by atoms with Crippen molar-refractivity contribution in [3.05, 3.63) is 23.5 Å². The molecule has 17 heavy (non-hydrogen) atoms. The second kappa shape index (κ2) is 6.19. The smallest absolute Gasteiger partial charge is 0.139 e. The van der Waals surface area contributed by atoms with E-state index in [4.69, 9.17) is 16.3 Å². The average Bonchev–Trinajstić information content (AvgIpc) is 2.32. The standard InChI is InChI=1S/C12H18ClN3O/c1-15-2-4-16(5-3-15)6-7-17-12-8-11(13)9-14-10-12/h8-10H,2-7H2,1H3. The van der Waals surface area contributed by atoms with Crippen LogP contribution in [0.1, 0.15) is 0 Å². The van der Waals surface area contributed by atoms with E-state index >= 15 is 0 Å². The van der Waals surface area contributed by atoms with Crippen molar-refractivity contribution >= 4 is 11.6 Å². The Morgan fingerprint density at radius 1 is 1.29 bits per heavy atom. The molecule has 1 aromatic rings. The second-order valence-electron chi connectivity index (χ2n) is 4.33. The van der Waals surface area contributed by atoms with Crippen LogP contribution in [-0.4, -0.2) is 61.2 Å². The first-order chi connectivity index (χ1) is 8.24. The molecule has 0 radical (unpaired) electrons. The molecule has 0 atom stereocenters. The highest BCUT2D eigenvalue weighted by Crippen LogP contribution is 2.14. The van der Waals surface area contributed by atoms with Crippen LogP contribution in [0.4, 0.5) is 0 Å². The van der Waals surface area contributed by atoms with E-state index in [2.05, 4.69) is 21.8 Å². The summed E-state index contributed by atoms with van der Waals surface area (Å²) in [6, 6.07) is 1.79. The topological polar surface area (TPSA) is 28.6 Å². The third-order valence-electron chi connectivity index (χ3n) is 2.95. The highest BCUT2D eigenvalue weighted by atomic mass is 35.5. The summed E-state index contributed by atoms with van der Waals surface area (Å²) in [6.07, 6.45) is 3.30. The van der Waals surface area contributed by atoms with Crippen molar-refractivity contribution in [1.82, 2.24) is 14.8 Å². The normalized spacial score (nSPS) is 18.2. The van der Waals surface area contributed by atoms with Crippen molar-refractivity contribution < 1.29 is 4.74 Å². The van der Waals surface area contributed by atoms with Crippen LogP contribution in [-0.2, 0) is 0 Å². The molecule has 4 nitrogen and oxygen atoms in total. The first-order valence-electron chi connectivity index (χ1n) is 5.88. The van der Waals surface area contributed by atoms with Gasteiger partial charge in [-0.3, -0.25) is 9.88 Å². The molecule has 1 saturated heterocycles. The molecule has 1 aromatic heterocycles. The fraction of sp³-hybridized carbons (Fsp3) is 0.583. The predicted octanol–water partition coefficient (Wildman–Crippen LogP) is 1.36. The number of piperazine rings is 1. The molecule has 2 heterocycles. The number of aromatic nitrogens is 1. The van der Waals surface area contributed by atoms with E-state index in [1.165, 1.54) is 0 Å². The van der Waals surface area contributed by atoms with Gasteiger partial charge in [0.05, 0.1) is 11.2 Å². The lowest BCUT2D eigenvalue weighted by molar-refractivity contribution is 0.133. The van der Waals surface area contributed by atoms with Crippen LogP contribution in [0, 0.1) is 0 Å². The molecule has 0 unspecified atom stereocenters. The maximum absolute atomic E-state index is 5.83. The number of ether oxygens (including phenoxy) is 1. The molecule has 1 aliphatic heterocycles. The summed E-state index contributed by atoms with van der Waals surface area (Å²) in [5, 5.41) is 0.613. The van der Waals surface area contributed by atoms with Crippen molar-refractivity contribution in [2.24, 2.45) is 0 Å². The maximum Gasteiger partial charge on any atom is 0.139 e. The molecule has 1 fully saturated rings. The molecule has 1 aliphatic rings. The summed E-state index contributed by atoms with van der Waals surface area (Å²) in [4.78, 5) is 8.74. The molecule has 94 valence electrons. The van der Waals surface area contributed by atoms with Gasteiger partial charge in [0.25, 0.3) is 0 Å². The van der Waals surface area contributed by atoms with Crippen LogP contribution in [0.2, 0.25) is 5.02 Å². The Kier molecular flexibility index (Phi) is 4.59. The zero-order chi connectivity index (χ0) is 12.1. The van der Waals surface area contributed by atoms with Crippen LogP contribution >= 0.6 is 11.6 Å². The minimum atomic E-state index is 0.613. The molecule has 0 N–H and O–H groups in total. The van der Waals surface area contributed by atoms with Gasteiger partial charge in [-0.05, 0) is 7.05 Å². The first-order valence-corrected chi connectivity index (χ1v) is 6.26. The second-order valence-corrected chi connectivity index (χ2v) is 4.77. The number of hydrogen-bond acceptors (Lipinski definition) is 4. The van der Waals surface area contributed by atoms with Crippen LogP contribution in [0.5, 0.6) is 5.75 Å². The van der Waals surface area contributed by atoms with E-state index < -0.39 is 0 Å². The van der Waals surface area contributed by atoms with Crippen LogP contribution < -0.4 is 4.74 Å². The quantitative estimate of drug-likeness (QED) is 0.812. The first kappa shape index (κ1) is 12.6. The van der Waals surface area contributed by atoms with Gasteiger partial charge < -0.3 is 9.64 Å². The monoisotopic (exact) mass is 255 g/mol. The van der Waals surface area contributed by atoms with E-state index in [-0.39, 0.29) is 0 Å². The van der Waals surface area contributed by atoms with Crippen molar-refractivity contribution in [2.75, 3.05) is 46.4 Å². The highest BCUT2D eigenvalue weighted by molar-refractivity contribution is 6.30. The summed E-state index contributed by atoms with van der Waals surface area (Å²) in [6.45, 7) is 6.16. The van der Waals surface area contributed by atoms with Gasteiger partial charge in [-0.2, -0.15) is 0 Å². The summed E-state index contributed by atoms with van der Waals surface area (Å²) in [5.41, 5.74) is 0. The fourth-order valence-corrected chi connectivity index (χ4v) is 2.00. The fourth-order valence-electron chi connectivity index (χ4n) is 1.84. The zero-order valence-electron chi connectivity index (χ0n) is 10.1. The molecule has 0 saturated carbocycles. The summed E-state index contributed by atoms with van der Waals surface area (Å²) in [5.74, 6) is 0.742. The lowest BCUT2D eigenvalue weighted by atomic mass is 10.3. The van der Waals surface area contributed by atoms with Gasteiger partial charge in [-0.15, -0.1) is 0 Å². The molecule has 0 bridgehead atoms. The lowest BCUT2D eigenvalue weighted by Crippen LogP contribution is -2.45. The van der Waals surface area contributed by atoms with Gasteiger partial charge in [0.15, 0.2) is 0 Å². The average molecular weight is 256 g/mol. The summed E-state index contributed by atoms with van der Waals surface area (Å²) >= 11 is 5.83. The van der Waals surface area contributed by atoms with E-state index in [1.54, 1.807) is 18.5 Å². The third-order valence-corrected chi connectivity index (χ3v) is 3.16. The van der Waals surface area contributed by atoms with E-state index in [0.29, 0.717) is 11.6 Å². The van der Waals surface area contributed by atoms with Gasteiger partial charge in [-0.1, -0.05) is 11.6 Å². The van der Waals surface area contributed by atoms with E-state index in [1.807, 2.05) is 0 Å². The Hall–Kier alpha value is -0.840. The van der Waals surface area contributed by atoms with Crippen molar-refractivity contribution in [3.8, 4) is 5.75 Å². The largest absolute Gasteiger partial charge is 0.491 e. The molecule has 0 amide bonds. The summed E-state index contributed by atoms with van der Waals surface area (Å²) < 4.78 is 5.61. The van der Waals surface area contributed by atoms with Crippen molar-refractivity contribution in [1.29, 1.82) is 0 Å². The molecule has 0 aliphatic carbocycles. The Balaban J connectivity index is 1.69. The number of pyridine rings is 1. The number of hydrogen-bond donors (Lipinski definition) is 0. The number of nitrogens with zero attached hydrogens (tertiary/aromatic N) is 3. The van der Waals surface area contributed by atoms with Crippen LogP contribution in [0.15, 0.2) is 18.5 Å². The molecular formula is C12H18ClN3O. The Morgan fingerprint density at radius 3 is 2.76 bits per heavy atom. The van der Waals surface area contributed by atoms with Crippen LogP contribution in [0.25, 0.3) is 0 Å². The Bertz CT molecular complexity index is 353. The van der Waals surface area contributed by atoms with Gasteiger partial charge in [0.1, 0.15) is 12.4 Å². The number of rotatable bonds is 4. The van der Waals surface area contributed by atoms with Crippen molar-refractivity contribution in [3.63, 3.8) is 0 Å². The number of likely N-dealkylation sites (N-methyl/N-ethyl adjacent to an activating group) is 1. The van der Waals surface area contributed by atoms with Gasteiger partial charge in [0, 0.05) is 45.0 Å². The highest BCUT2D eigenvalue weighted by Gasteiger charge is 2.13. The lowest BCUT2D eigenvalue weighted by Gasteiger charge is -2.32. The molecule has 5 heteroatoms. The van der Waals surface area contributed by atoms with Gasteiger partial charge in [0.2, 0.25) is 0 Å². The molecule has 0 spiro atoms. The molecule has 2 rings (SSSR count). The SMILES string of the molecule is CN1CCN(CCOc2cncc(Cl)c2)CC1.